The Hall–Kier alpha value is -7.07. The Morgan fingerprint density at radius 1 is 0.531 bits per heavy atom. The van der Waals surface area contributed by atoms with E-state index in [-0.39, 0.29) is 0 Å². The van der Waals surface area contributed by atoms with E-state index in [0.29, 0.717) is 62.2 Å². The van der Waals surface area contributed by atoms with Crippen molar-refractivity contribution in [3.8, 4) is 45.5 Å². The molecular formula is C39H21N9O. The third-order valence-corrected chi connectivity index (χ3v) is 8.61. The van der Waals surface area contributed by atoms with E-state index in [1.807, 2.05) is 109 Å². The Bertz CT molecular complexity index is 2920. The quantitative estimate of drug-likeness (QED) is 0.187. The molecule has 10 aromatic rings. The van der Waals surface area contributed by atoms with Gasteiger partial charge in [-0.2, -0.15) is 5.10 Å². The fourth-order valence-electron chi connectivity index (χ4n) is 6.31. The molecule has 0 radical (unpaired) electrons. The summed E-state index contributed by atoms with van der Waals surface area (Å²) in [5, 5.41) is 12.8. The molecule has 0 fully saturated rings. The Labute approximate surface area is 277 Å². The SMILES string of the molecule is c1ccc2nc(-c3cc4oc(-c5ccc6cccnc6n5)nc4c(-c4nncc5ccccc45)c3-c3cnc4ccccc4n3)ncc2c1. The van der Waals surface area contributed by atoms with Crippen LogP contribution in [0.5, 0.6) is 0 Å². The highest BCUT2D eigenvalue weighted by molar-refractivity contribution is 6.10. The summed E-state index contributed by atoms with van der Waals surface area (Å²) in [6.45, 7) is 0. The molecule has 10 rings (SSSR count). The minimum Gasteiger partial charge on any atom is -0.435 e. The van der Waals surface area contributed by atoms with Crippen LogP contribution in [0, 0.1) is 0 Å². The molecule has 0 aliphatic heterocycles. The first-order chi connectivity index (χ1) is 24.3. The second-order valence-electron chi connectivity index (χ2n) is 11.6. The van der Waals surface area contributed by atoms with Crippen molar-refractivity contribution in [2.45, 2.75) is 0 Å². The molecule has 0 spiro atoms. The summed E-state index contributed by atoms with van der Waals surface area (Å²) in [5.74, 6) is 0.829. The number of rotatable bonds is 4. The van der Waals surface area contributed by atoms with Crippen LogP contribution in [0.2, 0.25) is 0 Å². The standard InChI is InChI=1S/C39H21N9O/c1-3-11-25-23(8-1)20-43-48-35(25)34-33(31-21-41-28-13-5-6-14-29(28)44-31)26(38-42-19-24-9-2-4-12-27(24)45-38)18-32-36(34)47-39(49-32)30-16-15-22-10-7-17-40-37(22)46-30/h1-21H. The zero-order valence-electron chi connectivity index (χ0n) is 25.6. The average Bonchev–Trinajstić information content (AvgIpc) is 3.60. The molecule has 0 aliphatic carbocycles. The number of nitrogens with zero attached hydrogens (tertiary/aromatic N) is 9. The molecule has 0 saturated heterocycles. The number of hydrogen-bond acceptors (Lipinski definition) is 10. The summed E-state index contributed by atoms with van der Waals surface area (Å²) < 4.78 is 6.55. The number of hydrogen-bond donors (Lipinski definition) is 0. The van der Waals surface area contributed by atoms with Crippen LogP contribution in [0.15, 0.2) is 132 Å². The number of benzene rings is 4. The maximum atomic E-state index is 6.55. The lowest BCUT2D eigenvalue weighted by Crippen LogP contribution is -2.00. The third kappa shape index (κ3) is 4.46. The van der Waals surface area contributed by atoms with Gasteiger partial charge in [-0.05, 0) is 48.5 Å². The molecule has 228 valence electrons. The van der Waals surface area contributed by atoms with Gasteiger partial charge in [0.2, 0.25) is 5.89 Å². The molecule has 0 atom stereocenters. The number of fused-ring (bicyclic) bond motifs is 5. The van der Waals surface area contributed by atoms with Crippen LogP contribution in [0.25, 0.3) is 100 Å². The van der Waals surface area contributed by atoms with Crippen LogP contribution in [0.3, 0.4) is 0 Å². The Balaban J connectivity index is 1.35. The van der Waals surface area contributed by atoms with Crippen molar-refractivity contribution in [3.05, 3.63) is 128 Å². The summed E-state index contributed by atoms with van der Waals surface area (Å²) in [6.07, 6.45) is 7.07. The Morgan fingerprint density at radius 3 is 2.29 bits per heavy atom. The van der Waals surface area contributed by atoms with Crippen LogP contribution in [0.1, 0.15) is 0 Å². The lowest BCUT2D eigenvalue weighted by atomic mass is 9.92. The van der Waals surface area contributed by atoms with Gasteiger partial charge in [-0.25, -0.2) is 29.9 Å². The van der Waals surface area contributed by atoms with Gasteiger partial charge in [-0.3, -0.25) is 4.98 Å². The summed E-state index contributed by atoms with van der Waals surface area (Å²) >= 11 is 0. The first-order valence-corrected chi connectivity index (χ1v) is 15.6. The molecule has 6 aromatic heterocycles. The fourth-order valence-corrected chi connectivity index (χ4v) is 6.31. The zero-order chi connectivity index (χ0) is 32.3. The van der Waals surface area contributed by atoms with E-state index in [9.17, 15) is 0 Å². The summed E-state index contributed by atoms with van der Waals surface area (Å²) in [7, 11) is 0. The number of aromatic nitrogens is 9. The maximum absolute atomic E-state index is 6.55. The van der Waals surface area contributed by atoms with Crippen molar-refractivity contribution in [1.82, 2.24) is 45.1 Å². The van der Waals surface area contributed by atoms with Gasteiger partial charge in [0, 0.05) is 50.6 Å². The minimum atomic E-state index is 0.337. The summed E-state index contributed by atoms with van der Waals surface area (Å²) in [4.78, 5) is 34.1. The van der Waals surface area contributed by atoms with E-state index in [1.165, 1.54) is 0 Å². The van der Waals surface area contributed by atoms with Crippen LogP contribution in [-0.4, -0.2) is 45.1 Å². The van der Waals surface area contributed by atoms with E-state index < -0.39 is 0 Å². The van der Waals surface area contributed by atoms with Crippen LogP contribution < -0.4 is 0 Å². The second kappa shape index (κ2) is 10.7. The highest BCUT2D eigenvalue weighted by Gasteiger charge is 2.27. The molecule has 0 N–H and O–H groups in total. The van der Waals surface area contributed by atoms with Crippen molar-refractivity contribution in [1.29, 1.82) is 0 Å². The predicted molar refractivity (Wildman–Crippen MR) is 188 cm³/mol. The van der Waals surface area contributed by atoms with E-state index in [4.69, 9.17) is 39.4 Å². The molecule has 0 unspecified atom stereocenters. The zero-order valence-corrected chi connectivity index (χ0v) is 25.6. The molecule has 0 aliphatic rings. The van der Waals surface area contributed by atoms with E-state index in [1.54, 1.807) is 18.6 Å². The third-order valence-electron chi connectivity index (χ3n) is 8.61. The summed E-state index contributed by atoms with van der Waals surface area (Å²) in [6, 6.07) is 33.3. The average molecular weight is 632 g/mol. The van der Waals surface area contributed by atoms with Gasteiger partial charge in [0.25, 0.3) is 0 Å². The van der Waals surface area contributed by atoms with Crippen LogP contribution in [0.4, 0.5) is 0 Å². The molecule has 0 saturated carbocycles. The first-order valence-electron chi connectivity index (χ1n) is 15.6. The largest absolute Gasteiger partial charge is 0.435 e. The van der Waals surface area contributed by atoms with Crippen molar-refractivity contribution < 1.29 is 4.42 Å². The van der Waals surface area contributed by atoms with Gasteiger partial charge in [-0.15, -0.1) is 5.10 Å². The smallest absolute Gasteiger partial charge is 0.246 e. The molecule has 10 nitrogen and oxygen atoms in total. The van der Waals surface area contributed by atoms with Crippen molar-refractivity contribution in [2.24, 2.45) is 0 Å². The van der Waals surface area contributed by atoms with Gasteiger partial charge in [0.15, 0.2) is 17.1 Å². The Kier molecular flexibility index (Phi) is 5.94. The molecule has 0 bridgehead atoms. The van der Waals surface area contributed by atoms with Gasteiger partial charge < -0.3 is 4.42 Å². The first kappa shape index (κ1) is 27.1. The van der Waals surface area contributed by atoms with E-state index in [0.717, 1.165) is 38.1 Å². The highest BCUT2D eigenvalue weighted by Crippen LogP contribution is 2.45. The number of oxazole rings is 1. The molecule has 0 amide bonds. The fraction of sp³-hybridized carbons (Fsp3) is 0. The Morgan fingerprint density at radius 2 is 1.35 bits per heavy atom. The second-order valence-corrected chi connectivity index (χ2v) is 11.6. The maximum Gasteiger partial charge on any atom is 0.246 e. The van der Waals surface area contributed by atoms with Gasteiger partial charge in [0.05, 0.1) is 34.6 Å². The van der Waals surface area contributed by atoms with Crippen LogP contribution in [-0.2, 0) is 0 Å². The number of para-hydroxylation sites is 3. The van der Waals surface area contributed by atoms with Gasteiger partial charge in [-0.1, -0.05) is 54.6 Å². The molecule has 10 heteroatoms. The minimum absolute atomic E-state index is 0.337. The lowest BCUT2D eigenvalue weighted by molar-refractivity contribution is 0.617. The van der Waals surface area contributed by atoms with Crippen molar-refractivity contribution in [3.63, 3.8) is 0 Å². The molecule has 49 heavy (non-hydrogen) atoms. The molecule has 6 heterocycles. The number of pyridine rings is 2. The van der Waals surface area contributed by atoms with E-state index in [2.05, 4.69) is 10.1 Å². The van der Waals surface area contributed by atoms with Crippen LogP contribution >= 0.6 is 0 Å². The van der Waals surface area contributed by atoms with Gasteiger partial charge in [0.1, 0.15) is 16.9 Å². The molecular weight excluding hydrogens is 610 g/mol. The monoisotopic (exact) mass is 631 g/mol. The van der Waals surface area contributed by atoms with E-state index >= 15 is 0 Å². The predicted octanol–water partition coefficient (Wildman–Crippen LogP) is 8.27. The van der Waals surface area contributed by atoms with Crippen molar-refractivity contribution >= 4 is 54.8 Å². The van der Waals surface area contributed by atoms with Gasteiger partial charge >= 0.3 is 0 Å². The normalized spacial score (nSPS) is 11.7. The van der Waals surface area contributed by atoms with Crippen molar-refractivity contribution in [2.75, 3.05) is 0 Å². The lowest BCUT2D eigenvalue weighted by Gasteiger charge is -2.16. The highest BCUT2D eigenvalue weighted by atomic mass is 16.3. The topological polar surface area (TPSA) is 129 Å². The summed E-state index contributed by atoms with van der Waals surface area (Å²) in [5.41, 5.74) is 7.84. The molecule has 4 aromatic carbocycles.